The second kappa shape index (κ2) is 8.85. The summed E-state index contributed by atoms with van der Waals surface area (Å²) in [5.74, 6) is 9.86. The Balaban J connectivity index is 1.18. The van der Waals surface area contributed by atoms with Crippen LogP contribution in [-0.2, 0) is 5.60 Å². The van der Waals surface area contributed by atoms with Gasteiger partial charge in [-0.2, -0.15) is 0 Å². The van der Waals surface area contributed by atoms with Crippen molar-refractivity contribution in [2.45, 2.75) is 76.2 Å². The van der Waals surface area contributed by atoms with E-state index in [0.717, 1.165) is 42.0 Å². The summed E-state index contributed by atoms with van der Waals surface area (Å²) in [4.78, 5) is 0. The molecule has 0 saturated heterocycles. The molecule has 0 radical (unpaired) electrons. The summed E-state index contributed by atoms with van der Waals surface area (Å²) < 4.78 is 0. The Morgan fingerprint density at radius 1 is 1.00 bits per heavy atom. The predicted molar refractivity (Wildman–Crippen MR) is 123 cm³/mol. The van der Waals surface area contributed by atoms with Crippen molar-refractivity contribution in [2.75, 3.05) is 13.1 Å². The van der Waals surface area contributed by atoms with Crippen molar-refractivity contribution in [3.05, 3.63) is 34.3 Å². The maximum Gasteiger partial charge on any atom is 0.0967 e. The van der Waals surface area contributed by atoms with Crippen molar-refractivity contribution >= 4 is 11.6 Å². The fourth-order valence-corrected chi connectivity index (χ4v) is 7.67. The first kappa shape index (κ1) is 20.9. The predicted octanol–water partition coefficient (Wildman–Crippen LogP) is 5.90. The van der Waals surface area contributed by atoms with E-state index >= 15 is 0 Å². The zero-order valence-electron chi connectivity index (χ0n) is 18.1. The van der Waals surface area contributed by atoms with E-state index in [1.54, 1.807) is 0 Å². The Labute approximate surface area is 187 Å². The summed E-state index contributed by atoms with van der Waals surface area (Å²) in [5.41, 5.74) is 1.18. The molecule has 5 saturated carbocycles. The minimum absolute atomic E-state index is 0.386. The van der Waals surface area contributed by atoms with Crippen LogP contribution in [0.3, 0.4) is 0 Å². The first-order valence-corrected chi connectivity index (χ1v) is 12.7. The van der Waals surface area contributed by atoms with Gasteiger partial charge in [0.2, 0.25) is 0 Å². The van der Waals surface area contributed by atoms with Gasteiger partial charge in [-0.25, -0.2) is 0 Å². The van der Waals surface area contributed by atoms with E-state index in [1.165, 1.54) is 70.6 Å². The molecule has 0 atom stereocenters. The summed E-state index contributed by atoms with van der Waals surface area (Å²) in [5, 5.41) is 16.0. The van der Waals surface area contributed by atoms with E-state index in [1.807, 2.05) is 6.07 Å². The number of hydrogen-bond donors (Lipinski definition) is 2. The third kappa shape index (κ3) is 4.06. The Bertz CT molecular complexity index is 788. The summed E-state index contributed by atoms with van der Waals surface area (Å²) in [6, 6.07) is 6.08. The Hall–Kier alpha value is -1.01. The lowest BCUT2D eigenvalue weighted by Crippen LogP contribution is -2.55. The average Bonchev–Trinajstić information content (AvgIpc) is 2.74. The zero-order chi connectivity index (χ0) is 20.6. The van der Waals surface area contributed by atoms with Crippen LogP contribution in [0, 0.1) is 41.4 Å². The lowest BCUT2D eigenvalue weighted by molar-refractivity contribution is -0.179. The van der Waals surface area contributed by atoms with Crippen LogP contribution < -0.4 is 5.32 Å². The molecule has 162 valence electrons. The molecule has 0 aliphatic heterocycles. The molecule has 4 bridgehead atoms. The van der Waals surface area contributed by atoms with E-state index in [0.29, 0.717) is 16.9 Å². The third-order valence-electron chi connectivity index (χ3n) is 8.68. The number of aliphatic hydroxyl groups is 1. The Morgan fingerprint density at radius 2 is 1.70 bits per heavy atom. The molecule has 0 amide bonds. The normalized spacial score (nSPS) is 35.3. The molecule has 5 aliphatic rings. The summed E-state index contributed by atoms with van der Waals surface area (Å²) in [6.07, 6.45) is 14.4. The molecule has 30 heavy (non-hydrogen) atoms. The molecule has 6 rings (SSSR count). The van der Waals surface area contributed by atoms with Gasteiger partial charge in [-0.1, -0.05) is 61.6 Å². The topological polar surface area (TPSA) is 32.3 Å². The summed E-state index contributed by atoms with van der Waals surface area (Å²) >= 11 is 6.72. The summed E-state index contributed by atoms with van der Waals surface area (Å²) in [7, 11) is 0. The highest BCUT2D eigenvalue weighted by Crippen LogP contribution is 2.62. The number of halogens is 1. The lowest BCUT2D eigenvalue weighted by Gasteiger charge is -2.59. The van der Waals surface area contributed by atoms with Gasteiger partial charge in [-0.3, -0.25) is 0 Å². The second-order valence-corrected chi connectivity index (χ2v) is 11.0. The van der Waals surface area contributed by atoms with Gasteiger partial charge >= 0.3 is 0 Å². The maximum absolute atomic E-state index is 11.8. The van der Waals surface area contributed by atoms with Crippen LogP contribution in [0.1, 0.15) is 81.8 Å². The SMILES string of the molecule is OC1(c2ccc(C#CCNCCC3CCCCC3)cc2Cl)C2CC3CC(C2)CC1C3. The average molecular weight is 426 g/mol. The van der Waals surface area contributed by atoms with E-state index in [-0.39, 0.29) is 0 Å². The lowest BCUT2D eigenvalue weighted by atomic mass is 9.48. The summed E-state index contributed by atoms with van der Waals surface area (Å²) in [6.45, 7) is 1.79. The molecule has 1 aromatic carbocycles. The van der Waals surface area contributed by atoms with Crippen LogP contribution in [0.4, 0.5) is 0 Å². The van der Waals surface area contributed by atoms with Crippen LogP contribution in [0.15, 0.2) is 18.2 Å². The second-order valence-electron chi connectivity index (χ2n) is 10.6. The van der Waals surface area contributed by atoms with Crippen LogP contribution >= 0.6 is 11.6 Å². The number of nitrogens with one attached hydrogen (secondary N) is 1. The highest BCUT2D eigenvalue weighted by Gasteiger charge is 2.57. The molecule has 3 heteroatoms. The number of rotatable bonds is 5. The van der Waals surface area contributed by atoms with Gasteiger partial charge in [0.15, 0.2) is 0 Å². The fourth-order valence-electron chi connectivity index (χ4n) is 7.34. The van der Waals surface area contributed by atoms with Crippen molar-refractivity contribution < 1.29 is 5.11 Å². The maximum atomic E-state index is 11.8. The fraction of sp³-hybridized carbons (Fsp3) is 0.704. The van der Waals surface area contributed by atoms with Crippen LogP contribution in [0.5, 0.6) is 0 Å². The molecule has 2 N–H and O–H groups in total. The van der Waals surface area contributed by atoms with E-state index in [4.69, 9.17) is 11.6 Å². The largest absolute Gasteiger partial charge is 0.385 e. The van der Waals surface area contributed by atoms with Gasteiger partial charge < -0.3 is 10.4 Å². The van der Waals surface area contributed by atoms with Crippen molar-refractivity contribution in [1.82, 2.24) is 5.32 Å². The van der Waals surface area contributed by atoms with E-state index in [2.05, 4.69) is 29.3 Å². The molecule has 0 spiro atoms. The van der Waals surface area contributed by atoms with E-state index in [9.17, 15) is 5.11 Å². The monoisotopic (exact) mass is 425 g/mol. The first-order valence-electron chi connectivity index (χ1n) is 12.3. The van der Waals surface area contributed by atoms with Crippen molar-refractivity contribution in [3.8, 4) is 11.8 Å². The van der Waals surface area contributed by atoms with Crippen LogP contribution in [0.2, 0.25) is 5.02 Å². The first-order chi connectivity index (χ1) is 14.6. The Kier molecular flexibility index (Phi) is 6.16. The molecular weight excluding hydrogens is 390 g/mol. The van der Waals surface area contributed by atoms with Gasteiger partial charge in [0.05, 0.1) is 12.1 Å². The van der Waals surface area contributed by atoms with Gasteiger partial charge in [0.1, 0.15) is 0 Å². The highest BCUT2D eigenvalue weighted by atomic mass is 35.5. The van der Waals surface area contributed by atoms with Crippen LogP contribution in [-0.4, -0.2) is 18.2 Å². The van der Waals surface area contributed by atoms with Crippen LogP contribution in [0.25, 0.3) is 0 Å². The standard InChI is InChI=1S/C27H36ClNO/c28-26-18-20(7-4-11-29-12-10-19-5-2-1-3-6-19)8-9-25(26)27(30)23-14-21-13-22(16-23)17-24(27)15-21/h8-9,18-19,21-24,29-30H,1-3,5-6,10-17H2. The quantitative estimate of drug-likeness (QED) is 0.455. The molecule has 1 aromatic rings. The third-order valence-corrected chi connectivity index (χ3v) is 9.00. The Morgan fingerprint density at radius 3 is 2.37 bits per heavy atom. The smallest absolute Gasteiger partial charge is 0.0967 e. The molecule has 0 aromatic heterocycles. The van der Waals surface area contributed by atoms with Crippen molar-refractivity contribution in [1.29, 1.82) is 0 Å². The highest BCUT2D eigenvalue weighted by molar-refractivity contribution is 6.31. The number of benzene rings is 1. The molecule has 5 fully saturated rings. The van der Waals surface area contributed by atoms with E-state index < -0.39 is 5.60 Å². The molecule has 2 nitrogen and oxygen atoms in total. The minimum Gasteiger partial charge on any atom is -0.385 e. The van der Waals surface area contributed by atoms with Gasteiger partial charge in [0.25, 0.3) is 0 Å². The van der Waals surface area contributed by atoms with Gasteiger partial charge in [-0.15, -0.1) is 0 Å². The molecular formula is C27H36ClNO. The van der Waals surface area contributed by atoms with Crippen molar-refractivity contribution in [2.24, 2.45) is 29.6 Å². The van der Waals surface area contributed by atoms with Gasteiger partial charge in [-0.05, 0) is 86.8 Å². The molecule has 0 heterocycles. The molecule has 0 unspecified atom stereocenters. The van der Waals surface area contributed by atoms with Crippen molar-refractivity contribution in [3.63, 3.8) is 0 Å². The minimum atomic E-state index is -0.725. The van der Waals surface area contributed by atoms with Gasteiger partial charge in [0, 0.05) is 16.1 Å². The number of hydrogen-bond acceptors (Lipinski definition) is 2. The zero-order valence-corrected chi connectivity index (χ0v) is 18.9. The molecule has 5 aliphatic carbocycles.